The highest BCUT2D eigenvalue weighted by atomic mass is 32.2. The van der Waals surface area contributed by atoms with Gasteiger partial charge in [0.25, 0.3) is 0 Å². The quantitative estimate of drug-likeness (QED) is 0.822. The van der Waals surface area contributed by atoms with Gasteiger partial charge in [-0.2, -0.15) is 4.98 Å². The van der Waals surface area contributed by atoms with Crippen LogP contribution in [0.15, 0.2) is 33.7 Å². The van der Waals surface area contributed by atoms with E-state index in [1.54, 1.807) is 11.8 Å². The zero-order chi connectivity index (χ0) is 13.7. The maximum absolute atomic E-state index is 5.19. The highest BCUT2D eigenvalue weighted by Gasteiger charge is 2.07. The number of hydrogen-bond acceptors (Lipinski definition) is 5. The number of thioether (sulfide) groups is 1. The average Bonchev–Trinajstić information content (AvgIpc) is 2.84. The molecule has 19 heavy (non-hydrogen) atoms. The summed E-state index contributed by atoms with van der Waals surface area (Å²) in [5.41, 5.74) is 1.27. The third-order valence-corrected chi connectivity index (χ3v) is 3.57. The first kappa shape index (κ1) is 14.1. The molecular weight excluding hydrogens is 258 g/mol. The number of aromatic nitrogens is 2. The summed E-state index contributed by atoms with van der Waals surface area (Å²) in [6, 6.07) is 8.85. The van der Waals surface area contributed by atoms with Gasteiger partial charge in [-0.05, 0) is 19.1 Å². The molecule has 1 aromatic heterocycles. The van der Waals surface area contributed by atoms with Gasteiger partial charge in [0.2, 0.25) is 5.89 Å². The Bertz CT molecular complexity index is 508. The van der Waals surface area contributed by atoms with E-state index in [-0.39, 0.29) is 0 Å². The largest absolute Gasteiger partial charge is 0.338 e. The molecule has 2 rings (SSSR count). The van der Waals surface area contributed by atoms with Crippen LogP contribution in [-0.2, 0) is 12.3 Å². The van der Waals surface area contributed by atoms with Crippen LogP contribution in [0.2, 0.25) is 0 Å². The Morgan fingerprint density at radius 1 is 1.26 bits per heavy atom. The molecule has 0 aliphatic rings. The van der Waals surface area contributed by atoms with Gasteiger partial charge in [-0.25, -0.2) is 0 Å². The number of benzene rings is 1. The summed E-state index contributed by atoms with van der Waals surface area (Å²) in [5.74, 6) is 2.12. The van der Waals surface area contributed by atoms with E-state index >= 15 is 0 Å². The Morgan fingerprint density at radius 3 is 2.68 bits per heavy atom. The lowest BCUT2D eigenvalue weighted by Gasteiger charge is -2.02. The minimum absolute atomic E-state index is 0.414. The topological polar surface area (TPSA) is 51.0 Å². The van der Waals surface area contributed by atoms with Gasteiger partial charge in [-0.1, -0.05) is 36.7 Å². The Balaban J connectivity index is 1.84. The van der Waals surface area contributed by atoms with Crippen molar-refractivity contribution < 1.29 is 4.52 Å². The lowest BCUT2D eigenvalue weighted by atomic mass is 10.2. The Labute approximate surface area is 118 Å². The van der Waals surface area contributed by atoms with Crippen LogP contribution in [0.4, 0.5) is 0 Å². The first-order chi connectivity index (χ1) is 9.13. The molecule has 2 aromatic rings. The van der Waals surface area contributed by atoms with Crippen molar-refractivity contribution in [2.24, 2.45) is 0 Å². The fourth-order valence-corrected chi connectivity index (χ4v) is 2.24. The van der Waals surface area contributed by atoms with Crippen molar-refractivity contribution in [1.29, 1.82) is 0 Å². The first-order valence-electron chi connectivity index (χ1n) is 6.38. The third kappa shape index (κ3) is 4.69. The fraction of sp³-hybridized carbons (Fsp3) is 0.429. The normalized spacial score (nSPS) is 11.2. The molecule has 0 fully saturated rings. The lowest BCUT2D eigenvalue weighted by Crippen LogP contribution is -2.21. The number of nitrogens with one attached hydrogen (secondary N) is 1. The van der Waals surface area contributed by atoms with Gasteiger partial charge in [0, 0.05) is 10.9 Å². The van der Waals surface area contributed by atoms with Gasteiger partial charge < -0.3 is 9.84 Å². The fourth-order valence-electron chi connectivity index (χ4n) is 1.49. The molecule has 0 aliphatic carbocycles. The number of hydrogen-bond donors (Lipinski definition) is 1. The van der Waals surface area contributed by atoms with Crippen LogP contribution in [0.25, 0.3) is 0 Å². The molecular formula is C14H19N3OS. The van der Waals surface area contributed by atoms with Crippen LogP contribution in [0.5, 0.6) is 0 Å². The Kier molecular flexibility index (Phi) is 4.99. The summed E-state index contributed by atoms with van der Waals surface area (Å²) in [7, 11) is 0. The second kappa shape index (κ2) is 6.73. The van der Waals surface area contributed by atoms with Crippen LogP contribution in [0.3, 0.4) is 0 Å². The third-order valence-electron chi connectivity index (χ3n) is 2.56. The first-order valence-corrected chi connectivity index (χ1v) is 7.36. The van der Waals surface area contributed by atoms with Gasteiger partial charge in [0.15, 0.2) is 5.82 Å². The lowest BCUT2D eigenvalue weighted by molar-refractivity contribution is 0.358. The van der Waals surface area contributed by atoms with Gasteiger partial charge in [-0.3, -0.25) is 0 Å². The second-order valence-corrected chi connectivity index (χ2v) is 5.79. The monoisotopic (exact) mass is 277 g/mol. The predicted octanol–water partition coefficient (Wildman–Crippen LogP) is 3.17. The van der Waals surface area contributed by atoms with Crippen LogP contribution in [0.1, 0.15) is 31.1 Å². The molecule has 1 N–H and O–H groups in total. The summed E-state index contributed by atoms with van der Waals surface area (Å²) in [6.45, 7) is 6.89. The van der Waals surface area contributed by atoms with E-state index in [0.717, 1.165) is 11.6 Å². The molecule has 5 heteroatoms. The molecule has 0 radical (unpaired) electrons. The van der Waals surface area contributed by atoms with Gasteiger partial charge in [0.05, 0.1) is 12.3 Å². The zero-order valence-corrected chi connectivity index (χ0v) is 12.3. The van der Waals surface area contributed by atoms with Crippen molar-refractivity contribution in [3.05, 3.63) is 41.5 Å². The number of nitrogens with zero attached hydrogens (tertiary/aromatic N) is 2. The van der Waals surface area contributed by atoms with E-state index in [1.165, 1.54) is 10.5 Å². The van der Waals surface area contributed by atoms with E-state index in [2.05, 4.69) is 60.5 Å². The summed E-state index contributed by atoms with van der Waals surface area (Å²) in [5, 5.41) is 7.23. The van der Waals surface area contributed by atoms with Crippen LogP contribution in [0, 0.1) is 6.92 Å². The molecule has 0 saturated heterocycles. The molecule has 4 nitrogen and oxygen atoms in total. The molecule has 1 heterocycles. The van der Waals surface area contributed by atoms with Crippen molar-refractivity contribution in [3.8, 4) is 0 Å². The molecule has 0 amide bonds. The smallest absolute Gasteiger partial charge is 0.240 e. The standard InChI is InChI=1S/C14H19N3OS/c1-10(2)15-8-14-16-13(17-18-14)9-19-12-6-4-11(3)5-7-12/h4-7,10,15H,8-9H2,1-3H3. The Morgan fingerprint density at radius 2 is 2.00 bits per heavy atom. The second-order valence-electron chi connectivity index (χ2n) is 4.74. The summed E-state index contributed by atoms with van der Waals surface area (Å²) in [4.78, 5) is 5.57. The predicted molar refractivity (Wildman–Crippen MR) is 77.0 cm³/mol. The summed E-state index contributed by atoms with van der Waals surface area (Å²) in [6.07, 6.45) is 0. The van der Waals surface area contributed by atoms with Crippen molar-refractivity contribution >= 4 is 11.8 Å². The highest BCUT2D eigenvalue weighted by molar-refractivity contribution is 7.98. The molecule has 1 aromatic carbocycles. The SMILES string of the molecule is Cc1ccc(SCc2noc(CNC(C)C)n2)cc1. The van der Waals surface area contributed by atoms with Crippen molar-refractivity contribution in [2.45, 2.75) is 44.0 Å². The molecule has 0 saturated carbocycles. The zero-order valence-electron chi connectivity index (χ0n) is 11.5. The molecule has 0 unspecified atom stereocenters. The highest BCUT2D eigenvalue weighted by Crippen LogP contribution is 2.21. The van der Waals surface area contributed by atoms with Gasteiger partial charge in [0.1, 0.15) is 0 Å². The van der Waals surface area contributed by atoms with Crippen molar-refractivity contribution in [1.82, 2.24) is 15.5 Å². The maximum atomic E-state index is 5.19. The van der Waals surface area contributed by atoms with Gasteiger partial charge in [-0.15, -0.1) is 11.8 Å². The minimum atomic E-state index is 0.414. The summed E-state index contributed by atoms with van der Waals surface area (Å²) < 4.78 is 5.19. The van der Waals surface area contributed by atoms with Crippen LogP contribution in [-0.4, -0.2) is 16.2 Å². The van der Waals surface area contributed by atoms with E-state index in [4.69, 9.17) is 4.52 Å². The minimum Gasteiger partial charge on any atom is -0.338 e. The number of rotatable bonds is 6. The van der Waals surface area contributed by atoms with Gasteiger partial charge >= 0.3 is 0 Å². The molecule has 0 bridgehead atoms. The molecule has 0 atom stereocenters. The maximum Gasteiger partial charge on any atom is 0.240 e. The molecule has 102 valence electrons. The van der Waals surface area contributed by atoms with Crippen molar-refractivity contribution in [3.63, 3.8) is 0 Å². The van der Waals surface area contributed by atoms with E-state index in [9.17, 15) is 0 Å². The van der Waals surface area contributed by atoms with E-state index < -0.39 is 0 Å². The number of aryl methyl sites for hydroxylation is 1. The van der Waals surface area contributed by atoms with Crippen LogP contribution < -0.4 is 5.32 Å². The molecule has 0 spiro atoms. The van der Waals surface area contributed by atoms with E-state index in [0.29, 0.717) is 18.5 Å². The molecule has 0 aliphatic heterocycles. The van der Waals surface area contributed by atoms with Crippen LogP contribution >= 0.6 is 11.8 Å². The summed E-state index contributed by atoms with van der Waals surface area (Å²) >= 11 is 1.71. The van der Waals surface area contributed by atoms with Crippen molar-refractivity contribution in [2.75, 3.05) is 0 Å². The van der Waals surface area contributed by atoms with E-state index in [1.807, 2.05) is 0 Å². The Hall–Kier alpha value is -1.33. The average molecular weight is 277 g/mol.